The molecule has 6 heteroatoms. The van der Waals surface area contributed by atoms with Gasteiger partial charge in [0.2, 0.25) is 5.91 Å². The lowest BCUT2D eigenvalue weighted by molar-refractivity contribution is -0.116. The fourth-order valence-electron chi connectivity index (χ4n) is 3.32. The zero-order valence-corrected chi connectivity index (χ0v) is 18.8. The highest BCUT2D eigenvalue weighted by Crippen LogP contribution is 2.21. The molecule has 0 aliphatic carbocycles. The topological polar surface area (TPSA) is 82.3 Å². The minimum Gasteiger partial charge on any atom is -0.351 e. The lowest BCUT2D eigenvalue weighted by Gasteiger charge is -2.16. The van der Waals surface area contributed by atoms with Gasteiger partial charge in [-0.1, -0.05) is 78.9 Å². The first-order valence-corrected chi connectivity index (χ1v) is 11.0. The largest absolute Gasteiger partial charge is 0.351 e. The average Bonchev–Trinajstić information content (AvgIpc) is 2.84. The predicted octanol–water partition coefficient (Wildman–Crippen LogP) is 3.98. The molecule has 1 unspecified atom stereocenters. The molecule has 3 amide bonds. The highest BCUT2D eigenvalue weighted by molar-refractivity contribution is 5.90. The van der Waals surface area contributed by atoms with Gasteiger partial charge in [-0.3, -0.25) is 4.79 Å². The molecule has 0 fully saturated rings. The maximum atomic E-state index is 12.7. The van der Waals surface area contributed by atoms with Gasteiger partial charge in [-0.25, -0.2) is 4.79 Å². The third-order valence-corrected chi connectivity index (χ3v) is 5.02. The molecule has 33 heavy (non-hydrogen) atoms. The van der Waals surface area contributed by atoms with Crippen molar-refractivity contribution in [2.45, 2.75) is 12.5 Å². The van der Waals surface area contributed by atoms with Gasteiger partial charge in [0.25, 0.3) is 0 Å². The Morgan fingerprint density at radius 3 is 2.12 bits per heavy atom. The van der Waals surface area contributed by atoms with E-state index in [1.165, 1.54) is 6.08 Å². The molecule has 1 atom stereocenters. The Kier molecular flexibility index (Phi) is 9.24. The van der Waals surface area contributed by atoms with Crippen LogP contribution in [-0.4, -0.2) is 38.1 Å². The van der Waals surface area contributed by atoms with E-state index in [1.54, 1.807) is 6.08 Å². The Bertz CT molecular complexity index is 1030. The van der Waals surface area contributed by atoms with E-state index in [0.29, 0.717) is 25.2 Å². The summed E-state index contributed by atoms with van der Waals surface area (Å²) in [5, 5.41) is 11.6. The summed E-state index contributed by atoms with van der Waals surface area (Å²) in [6.45, 7) is 1.23. The van der Waals surface area contributed by atoms with Gasteiger partial charge in [-0.2, -0.15) is 0 Å². The Labute approximate surface area is 195 Å². The molecule has 0 aliphatic rings. The average molecular weight is 443 g/mol. The molecular weight excluding hydrogens is 412 g/mol. The van der Waals surface area contributed by atoms with Crippen molar-refractivity contribution in [2.75, 3.05) is 25.5 Å². The second-order valence-electron chi connectivity index (χ2n) is 7.59. The predicted molar refractivity (Wildman–Crippen MR) is 134 cm³/mol. The molecule has 0 aromatic heterocycles. The number of hydrogen-bond donors (Lipinski definition) is 4. The first-order chi connectivity index (χ1) is 16.1. The monoisotopic (exact) mass is 442 g/mol. The summed E-state index contributed by atoms with van der Waals surface area (Å²) in [4.78, 5) is 24.7. The number of anilines is 1. The number of carbonyl (C=O) groups excluding carboxylic acids is 2. The molecule has 0 spiro atoms. The standard InChI is InChI=1S/C27H30N4O2/c1-28-18-19-29-26(32)17-16-25(20-21-8-4-2-5-9-21)31-27(33)30-24-14-12-23(13-15-24)22-10-6-3-7-11-22/h2-17,25,28H,18-20H2,1H3,(H,29,32)(H2,30,31,33)/b17-16+. The summed E-state index contributed by atoms with van der Waals surface area (Å²) in [6.07, 6.45) is 3.76. The van der Waals surface area contributed by atoms with Crippen LogP contribution in [0.1, 0.15) is 5.56 Å². The molecule has 4 N–H and O–H groups in total. The van der Waals surface area contributed by atoms with Crippen LogP contribution in [0.5, 0.6) is 0 Å². The number of benzene rings is 3. The molecule has 3 aromatic carbocycles. The zero-order valence-electron chi connectivity index (χ0n) is 18.8. The van der Waals surface area contributed by atoms with E-state index in [9.17, 15) is 9.59 Å². The van der Waals surface area contributed by atoms with Gasteiger partial charge in [0.15, 0.2) is 0 Å². The second kappa shape index (κ2) is 12.8. The van der Waals surface area contributed by atoms with Crippen molar-refractivity contribution >= 4 is 17.6 Å². The van der Waals surface area contributed by atoms with E-state index in [4.69, 9.17) is 0 Å². The summed E-state index contributed by atoms with van der Waals surface area (Å²) >= 11 is 0. The van der Waals surface area contributed by atoms with Crippen LogP contribution in [0.3, 0.4) is 0 Å². The van der Waals surface area contributed by atoms with E-state index < -0.39 is 0 Å². The first-order valence-electron chi connectivity index (χ1n) is 11.0. The fourth-order valence-corrected chi connectivity index (χ4v) is 3.32. The van der Waals surface area contributed by atoms with Crippen molar-refractivity contribution in [3.8, 4) is 11.1 Å². The summed E-state index contributed by atoms with van der Waals surface area (Å²) in [7, 11) is 1.83. The van der Waals surface area contributed by atoms with Crippen LogP contribution in [0, 0.1) is 0 Å². The third-order valence-electron chi connectivity index (χ3n) is 5.02. The molecule has 6 nitrogen and oxygen atoms in total. The van der Waals surface area contributed by atoms with Gasteiger partial charge in [-0.15, -0.1) is 0 Å². The number of likely N-dealkylation sites (N-methyl/N-ethyl adjacent to an activating group) is 1. The second-order valence-corrected chi connectivity index (χ2v) is 7.59. The van der Waals surface area contributed by atoms with Crippen LogP contribution < -0.4 is 21.3 Å². The Morgan fingerprint density at radius 1 is 0.818 bits per heavy atom. The van der Waals surface area contributed by atoms with Crippen LogP contribution >= 0.6 is 0 Å². The minimum atomic E-state index is -0.342. The number of carbonyl (C=O) groups is 2. The first kappa shape index (κ1) is 23.8. The van der Waals surface area contributed by atoms with E-state index in [2.05, 4.69) is 21.3 Å². The van der Waals surface area contributed by atoms with Gasteiger partial charge < -0.3 is 21.3 Å². The summed E-state index contributed by atoms with van der Waals surface area (Å²) in [5.74, 6) is -0.193. The maximum Gasteiger partial charge on any atom is 0.319 e. The van der Waals surface area contributed by atoms with Crippen LogP contribution in [-0.2, 0) is 11.2 Å². The van der Waals surface area contributed by atoms with Gasteiger partial charge in [0, 0.05) is 24.9 Å². The summed E-state index contributed by atoms with van der Waals surface area (Å²) in [5.41, 5.74) is 3.96. The third kappa shape index (κ3) is 8.27. The van der Waals surface area contributed by atoms with E-state index in [0.717, 1.165) is 16.7 Å². The molecule has 3 aromatic rings. The Morgan fingerprint density at radius 2 is 1.45 bits per heavy atom. The molecule has 0 radical (unpaired) electrons. The number of amides is 3. The lowest BCUT2D eigenvalue weighted by atomic mass is 10.1. The van der Waals surface area contributed by atoms with Gasteiger partial charge in [0.1, 0.15) is 0 Å². The SMILES string of the molecule is CNCCNC(=O)/C=C/C(Cc1ccccc1)NC(=O)Nc1ccc(-c2ccccc2)cc1. The molecule has 3 rings (SSSR count). The quantitative estimate of drug-likeness (QED) is 0.283. The summed E-state index contributed by atoms with van der Waals surface area (Å²) in [6, 6.07) is 26.9. The Hall–Kier alpha value is -3.90. The zero-order chi connectivity index (χ0) is 23.3. The highest BCUT2D eigenvalue weighted by atomic mass is 16.2. The lowest BCUT2D eigenvalue weighted by Crippen LogP contribution is -2.38. The van der Waals surface area contributed by atoms with Crippen molar-refractivity contribution < 1.29 is 9.59 Å². The summed E-state index contributed by atoms with van der Waals surface area (Å²) < 4.78 is 0. The Balaban J connectivity index is 1.61. The molecule has 0 aliphatic heterocycles. The highest BCUT2D eigenvalue weighted by Gasteiger charge is 2.11. The van der Waals surface area contributed by atoms with Crippen LogP contribution in [0.4, 0.5) is 10.5 Å². The fraction of sp³-hybridized carbons (Fsp3) is 0.185. The molecule has 170 valence electrons. The molecule has 0 bridgehead atoms. The van der Waals surface area contributed by atoms with E-state index in [-0.39, 0.29) is 18.0 Å². The van der Waals surface area contributed by atoms with Gasteiger partial charge in [-0.05, 0) is 42.3 Å². The van der Waals surface area contributed by atoms with Crippen molar-refractivity contribution in [3.63, 3.8) is 0 Å². The molecular formula is C27H30N4O2. The van der Waals surface area contributed by atoms with Gasteiger partial charge >= 0.3 is 6.03 Å². The molecule has 0 heterocycles. The van der Waals surface area contributed by atoms with E-state index in [1.807, 2.05) is 92.0 Å². The number of hydrogen-bond acceptors (Lipinski definition) is 3. The van der Waals surface area contributed by atoms with Crippen molar-refractivity contribution in [3.05, 3.63) is 103 Å². The van der Waals surface area contributed by atoms with Crippen molar-refractivity contribution in [1.29, 1.82) is 0 Å². The normalized spacial score (nSPS) is 11.7. The molecule has 0 saturated heterocycles. The van der Waals surface area contributed by atoms with Crippen LogP contribution in [0.2, 0.25) is 0 Å². The van der Waals surface area contributed by atoms with E-state index >= 15 is 0 Å². The van der Waals surface area contributed by atoms with Crippen LogP contribution in [0.25, 0.3) is 11.1 Å². The van der Waals surface area contributed by atoms with Crippen molar-refractivity contribution in [2.24, 2.45) is 0 Å². The van der Waals surface area contributed by atoms with Crippen LogP contribution in [0.15, 0.2) is 97.1 Å². The number of urea groups is 1. The van der Waals surface area contributed by atoms with Gasteiger partial charge in [0.05, 0.1) is 6.04 Å². The number of nitrogens with one attached hydrogen (secondary N) is 4. The smallest absolute Gasteiger partial charge is 0.319 e. The minimum absolute atomic E-state index is 0.193. The maximum absolute atomic E-state index is 12.7. The molecule has 0 saturated carbocycles. The number of rotatable bonds is 10. The van der Waals surface area contributed by atoms with Crippen molar-refractivity contribution in [1.82, 2.24) is 16.0 Å².